The van der Waals surface area contributed by atoms with Gasteiger partial charge in [0.25, 0.3) is 0 Å². The zero-order valence-electron chi connectivity index (χ0n) is 11.7. The predicted molar refractivity (Wildman–Crippen MR) is 69.4 cm³/mol. The smallest absolute Gasteiger partial charge is 0.136 e. The van der Waals surface area contributed by atoms with Crippen molar-refractivity contribution in [3.8, 4) is 0 Å². The van der Waals surface area contributed by atoms with E-state index in [0.717, 1.165) is 25.2 Å². The first-order valence-corrected chi connectivity index (χ1v) is 6.89. The average Bonchev–Trinajstić information content (AvgIpc) is 2.16. The summed E-state index contributed by atoms with van der Waals surface area (Å²) in [6, 6.07) is 0. The highest BCUT2D eigenvalue weighted by atomic mass is 16.1. The lowest BCUT2D eigenvalue weighted by molar-refractivity contribution is -0.128. The van der Waals surface area contributed by atoms with E-state index in [1.807, 2.05) is 0 Å². The maximum Gasteiger partial charge on any atom is 0.136 e. The Morgan fingerprint density at radius 2 is 2.00 bits per heavy atom. The highest BCUT2D eigenvalue weighted by molar-refractivity contribution is 5.82. The SMILES string of the molecule is CCCC(C)C1CC(C(C)(C)C)CCC1=O. The summed E-state index contributed by atoms with van der Waals surface area (Å²) in [6.07, 6.45) is 5.46. The van der Waals surface area contributed by atoms with Crippen molar-refractivity contribution in [2.24, 2.45) is 23.2 Å². The average molecular weight is 224 g/mol. The van der Waals surface area contributed by atoms with Crippen LogP contribution in [0.3, 0.4) is 0 Å². The van der Waals surface area contributed by atoms with E-state index in [1.54, 1.807) is 0 Å². The Morgan fingerprint density at radius 3 is 2.50 bits per heavy atom. The monoisotopic (exact) mass is 224 g/mol. The van der Waals surface area contributed by atoms with Crippen LogP contribution < -0.4 is 0 Å². The molecule has 0 aromatic carbocycles. The molecule has 1 aliphatic rings. The summed E-state index contributed by atoms with van der Waals surface area (Å²) in [4.78, 5) is 12.0. The molecular formula is C15H28O. The summed E-state index contributed by atoms with van der Waals surface area (Å²) in [5.74, 6) is 2.19. The molecule has 0 aromatic heterocycles. The zero-order valence-corrected chi connectivity index (χ0v) is 11.7. The quantitative estimate of drug-likeness (QED) is 0.692. The van der Waals surface area contributed by atoms with Crippen LogP contribution in [0.2, 0.25) is 0 Å². The lowest BCUT2D eigenvalue weighted by atomic mass is 9.66. The first-order chi connectivity index (χ1) is 7.36. The normalized spacial score (nSPS) is 29.2. The predicted octanol–water partition coefficient (Wildman–Crippen LogP) is 4.45. The van der Waals surface area contributed by atoms with Gasteiger partial charge in [-0.2, -0.15) is 0 Å². The molecule has 3 unspecified atom stereocenters. The van der Waals surface area contributed by atoms with E-state index in [0.29, 0.717) is 23.0 Å². The van der Waals surface area contributed by atoms with E-state index in [1.165, 1.54) is 12.8 Å². The van der Waals surface area contributed by atoms with Crippen LogP contribution in [0.1, 0.15) is 66.7 Å². The first kappa shape index (κ1) is 13.7. The molecule has 3 atom stereocenters. The molecule has 16 heavy (non-hydrogen) atoms. The molecular weight excluding hydrogens is 196 g/mol. The van der Waals surface area contributed by atoms with Gasteiger partial charge in [-0.25, -0.2) is 0 Å². The number of rotatable bonds is 3. The van der Waals surface area contributed by atoms with E-state index in [4.69, 9.17) is 0 Å². The van der Waals surface area contributed by atoms with E-state index < -0.39 is 0 Å². The number of carbonyl (C=O) groups excluding carboxylic acids is 1. The van der Waals surface area contributed by atoms with Crippen molar-refractivity contribution in [3.05, 3.63) is 0 Å². The van der Waals surface area contributed by atoms with E-state index in [-0.39, 0.29) is 0 Å². The Morgan fingerprint density at radius 1 is 1.38 bits per heavy atom. The molecule has 0 amide bonds. The first-order valence-electron chi connectivity index (χ1n) is 6.89. The third kappa shape index (κ3) is 3.33. The van der Waals surface area contributed by atoms with Crippen LogP contribution in [-0.4, -0.2) is 5.78 Å². The molecule has 0 spiro atoms. The fourth-order valence-corrected chi connectivity index (χ4v) is 3.05. The number of carbonyl (C=O) groups is 1. The second-order valence-corrected chi connectivity index (χ2v) is 6.68. The molecule has 1 heteroatoms. The minimum Gasteiger partial charge on any atom is -0.299 e. The van der Waals surface area contributed by atoms with Gasteiger partial charge in [-0.15, -0.1) is 0 Å². The molecule has 0 bridgehead atoms. The van der Waals surface area contributed by atoms with Crippen LogP contribution in [0, 0.1) is 23.2 Å². The Labute approximate surface area is 101 Å². The zero-order chi connectivity index (χ0) is 12.3. The van der Waals surface area contributed by atoms with Gasteiger partial charge < -0.3 is 0 Å². The molecule has 1 fully saturated rings. The molecule has 0 heterocycles. The molecule has 0 saturated heterocycles. The summed E-state index contributed by atoms with van der Waals surface area (Å²) in [5.41, 5.74) is 0.366. The lowest BCUT2D eigenvalue weighted by Crippen LogP contribution is -2.35. The standard InChI is InChI=1S/C15H28O/c1-6-7-11(2)13-10-12(15(3,4)5)8-9-14(13)16/h11-13H,6-10H2,1-5H3. The van der Waals surface area contributed by atoms with Crippen LogP contribution in [-0.2, 0) is 4.79 Å². The largest absolute Gasteiger partial charge is 0.299 e. The molecule has 94 valence electrons. The van der Waals surface area contributed by atoms with Crippen molar-refractivity contribution < 1.29 is 4.79 Å². The second kappa shape index (κ2) is 5.33. The Balaban J connectivity index is 2.65. The fraction of sp³-hybridized carbons (Fsp3) is 0.933. The van der Waals surface area contributed by atoms with Gasteiger partial charge in [-0.3, -0.25) is 4.79 Å². The molecule has 0 N–H and O–H groups in total. The molecule has 1 saturated carbocycles. The summed E-state index contributed by atoms with van der Waals surface area (Å²) in [5, 5.41) is 0. The third-order valence-corrected chi connectivity index (χ3v) is 4.35. The van der Waals surface area contributed by atoms with Gasteiger partial charge in [-0.05, 0) is 30.1 Å². The van der Waals surface area contributed by atoms with Gasteiger partial charge in [0.1, 0.15) is 5.78 Å². The summed E-state index contributed by atoms with van der Waals surface area (Å²) >= 11 is 0. The van der Waals surface area contributed by atoms with Crippen molar-refractivity contribution in [3.63, 3.8) is 0 Å². The minimum absolute atomic E-state index is 0.345. The van der Waals surface area contributed by atoms with Crippen LogP contribution in [0.4, 0.5) is 0 Å². The van der Waals surface area contributed by atoms with Gasteiger partial charge in [0.05, 0.1) is 0 Å². The van der Waals surface area contributed by atoms with Crippen molar-refractivity contribution in [1.82, 2.24) is 0 Å². The van der Waals surface area contributed by atoms with Crippen LogP contribution in [0.5, 0.6) is 0 Å². The van der Waals surface area contributed by atoms with Gasteiger partial charge in [0, 0.05) is 12.3 Å². The Bertz CT molecular complexity index is 236. The van der Waals surface area contributed by atoms with Crippen molar-refractivity contribution in [2.45, 2.75) is 66.7 Å². The van der Waals surface area contributed by atoms with Crippen LogP contribution in [0.25, 0.3) is 0 Å². The minimum atomic E-state index is 0.345. The van der Waals surface area contributed by atoms with Crippen molar-refractivity contribution >= 4 is 5.78 Å². The van der Waals surface area contributed by atoms with Crippen molar-refractivity contribution in [1.29, 1.82) is 0 Å². The lowest BCUT2D eigenvalue weighted by Gasteiger charge is -2.39. The van der Waals surface area contributed by atoms with Crippen LogP contribution in [0.15, 0.2) is 0 Å². The summed E-state index contributed by atoms with van der Waals surface area (Å²) in [7, 11) is 0. The highest BCUT2D eigenvalue weighted by Crippen LogP contribution is 2.41. The Kier molecular flexibility index (Phi) is 4.58. The number of hydrogen-bond donors (Lipinski definition) is 0. The molecule has 1 aliphatic carbocycles. The second-order valence-electron chi connectivity index (χ2n) is 6.68. The van der Waals surface area contributed by atoms with Gasteiger partial charge >= 0.3 is 0 Å². The molecule has 0 aromatic rings. The van der Waals surface area contributed by atoms with Gasteiger partial charge in [0.2, 0.25) is 0 Å². The van der Waals surface area contributed by atoms with E-state index in [9.17, 15) is 4.79 Å². The Hall–Kier alpha value is -0.330. The fourth-order valence-electron chi connectivity index (χ4n) is 3.05. The number of ketones is 1. The van der Waals surface area contributed by atoms with E-state index in [2.05, 4.69) is 34.6 Å². The molecule has 1 nitrogen and oxygen atoms in total. The molecule has 0 radical (unpaired) electrons. The summed E-state index contributed by atoms with van der Waals surface area (Å²) < 4.78 is 0. The van der Waals surface area contributed by atoms with Gasteiger partial charge in [0.15, 0.2) is 0 Å². The summed E-state index contributed by atoms with van der Waals surface area (Å²) in [6.45, 7) is 11.4. The molecule has 0 aliphatic heterocycles. The van der Waals surface area contributed by atoms with Crippen molar-refractivity contribution in [2.75, 3.05) is 0 Å². The highest BCUT2D eigenvalue weighted by Gasteiger charge is 2.36. The number of hydrogen-bond acceptors (Lipinski definition) is 1. The maximum atomic E-state index is 12.0. The van der Waals surface area contributed by atoms with Gasteiger partial charge in [-0.1, -0.05) is 47.5 Å². The topological polar surface area (TPSA) is 17.1 Å². The van der Waals surface area contributed by atoms with Crippen LogP contribution >= 0.6 is 0 Å². The molecule has 1 rings (SSSR count). The number of Topliss-reactive ketones (excluding diaryl/α,β-unsaturated/α-hetero) is 1. The third-order valence-electron chi connectivity index (χ3n) is 4.35. The maximum absolute atomic E-state index is 12.0. The van der Waals surface area contributed by atoms with E-state index >= 15 is 0 Å².